The van der Waals surface area contributed by atoms with Crippen LogP contribution in [0.15, 0.2) is 24.3 Å². The van der Waals surface area contributed by atoms with Gasteiger partial charge in [-0.2, -0.15) is 0 Å². The smallest absolute Gasteiger partial charge is 0.330 e. The number of carbonyl (C=O) groups excluding carboxylic acids is 3. The molecule has 1 aromatic rings. The van der Waals surface area contributed by atoms with Crippen LogP contribution in [0, 0.1) is 5.92 Å². The van der Waals surface area contributed by atoms with Gasteiger partial charge < -0.3 is 4.84 Å². The zero-order chi connectivity index (χ0) is 13.4. The quantitative estimate of drug-likeness (QED) is 0.778. The van der Waals surface area contributed by atoms with E-state index in [9.17, 15) is 14.4 Å². The maximum Gasteiger partial charge on any atom is 0.333 e. The number of fused-ring (bicyclic) bond motifs is 1. The molecule has 1 heterocycles. The van der Waals surface area contributed by atoms with Crippen LogP contribution in [0.2, 0.25) is 0 Å². The molecular formula is C14H13NO4. The Morgan fingerprint density at radius 3 is 2.21 bits per heavy atom. The maximum atomic E-state index is 11.9. The van der Waals surface area contributed by atoms with Gasteiger partial charge in [-0.1, -0.05) is 23.6 Å². The van der Waals surface area contributed by atoms with Gasteiger partial charge in [0.05, 0.1) is 17.5 Å². The molecule has 19 heavy (non-hydrogen) atoms. The summed E-state index contributed by atoms with van der Waals surface area (Å²) in [5, 5.41) is 0.575. The predicted molar refractivity (Wildman–Crippen MR) is 65.0 cm³/mol. The number of hydrogen-bond donors (Lipinski definition) is 0. The number of benzene rings is 1. The lowest BCUT2D eigenvalue weighted by atomic mass is 9.83. The molecule has 98 valence electrons. The minimum atomic E-state index is -0.567. The molecule has 0 radical (unpaired) electrons. The Kier molecular flexibility index (Phi) is 2.81. The molecule has 0 bridgehead atoms. The molecule has 0 aromatic heterocycles. The van der Waals surface area contributed by atoms with E-state index >= 15 is 0 Å². The monoisotopic (exact) mass is 259 g/mol. The van der Waals surface area contributed by atoms with Gasteiger partial charge in [-0.15, -0.1) is 0 Å². The lowest BCUT2D eigenvalue weighted by Gasteiger charge is -2.24. The van der Waals surface area contributed by atoms with E-state index < -0.39 is 17.8 Å². The van der Waals surface area contributed by atoms with Gasteiger partial charge in [0.25, 0.3) is 11.8 Å². The Balaban J connectivity index is 1.71. The van der Waals surface area contributed by atoms with Crippen LogP contribution in [-0.2, 0) is 9.63 Å². The fourth-order valence-electron chi connectivity index (χ4n) is 2.32. The number of hydrogen-bond acceptors (Lipinski definition) is 4. The Hall–Kier alpha value is -2.17. The minimum Gasteiger partial charge on any atom is -0.330 e. The van der Waals surface area contributed by atoms with Crippen molar-refractivity contribution in [2.24, 2.45) is 5.92 Å². The van der Waals surface area contributed by atoms with Crippen molar-refractivity contribution in [1.82, 2.24) is 5.06 Å². The van der Waals surface area contributed by atoms with Crippen molar-refractivity contribution in [2.45, 2.75) is 25.7 Å². The van der Waals surface area contributed by atoms with E-state index in [1.807, 2.05) is 0 Å². The first-order chi connectivity index (χ1) is 9.16. The summed E-state index contributed by atoms with van der Waals surface area (Å²) in [5.41, 5.74) is 0.563. The van der Waals surface area contributed by atoms with Crippen molar-refractivity contribution in [3.8, 4) is 0 Å². The number of amides is 2. The molecule has 1 aromatic carbocycles. The first-order valence-corrected chi connectivity index (χ1v) is 6.35. The molecule has 5 heteroatoms. The fourth-order valence-corrected chi connectivity index (χ4v) is 2.32. The molecule has 1 aliphatic heterocycles. The minimum absolute atomic E-state index is 0.271. The Morgan fingerprint density at radius 2 is 1.74 bits per heavy atom. The molecule has 0 atom stereocenters. The van der Waals surface area contributed by atoms with E-state index in [2.05, 4.69) is 0 Å². The highest BCUT2D eigenvalue weighted by Crippen LogP contribution is 2.30. The van der Waals surface area contributed by atoms with E-state index in [1.54, 1.807) is 24.3 Å². The second kappa shape index (κ2) is 4.50. The molecular weight excluding hydrogens is 246 g/mol. The van der Waals surface area contributed by atoms with Crippen LogP contribution in [0.4, 0.5) is 0 Å². The van der Waals surface area contributed by atoms with E-state index in [0.29, 0.717) is 11.0 Å². The third-order valence-corrected chi connectivity index (χ3v) is 3.63. The fraction of sp³-hybridized carbons (Fsp3) is 0.357. The number of imide groups is 1. The first kappa shape index (κ1) is 11.9. The summed E-state index contributed by atoms with van der Waals surface area (Å²) >= 11 is 0. The Morgan fingerprint density at radius 1 is 1.16 bits per heavy atom. The van der Waals surface area contributed by atoms with Crippen molar-refractivity contribution in [3.05, 3.63) is 35.4 Å². The topological polar surface area (TPSA) is 63.7 Å². The number of hydroxylamine groups is 2. The highest BCUT2D eigenvalue weighted by atomic mass is 16.7. The first-order valence-electron chi connectivity index (χ1n) is 6.35. The van der Waals surface area contributed by atoms with Crippen molar-refractivity contribution >= 4 is 17.8 Å². The van der Waals surface area contributed by atoms with E-state index in [0.717, 1.165) is 19.3 Å². The van der Waals surface area contributed by atoms with Gasteiger partial charge in [-0.3, -0.25) is 9.59 Å². The molecule has 0 N–H and O–H groups in total. The highest BCUT2D eigenvalue weighted by molar-refractivity contribution is 6.20. The van der Waals surface area contributed by atoms with Crippen LogP contribution in [0.25, 0.3) is 0 Å². The van der Waals surface area contributed by atoms with Crippen molar-refractivity contribution in [2.75, 3.05) is 0 Å². The average molecular weight is 259 g/mol. The highest BCUT2D eigenvalue weighted by Gasteiger charge is 2.38. The van der Waals surface area contributed by atoms with Gasteiger partial charge in [0, 0.05) is 0 Å². The van der Waals surface area contributed by atoms with Gasteiger partial charge >= 0.3 is 5.97 Å². The largest absolute Gasteiger partial charge is 0.333 e. The molecule has 0 unspecified atom stereocenters. The van der Waals surface area contributed by atoms with Gasteiger partial charge in [0.15, 0.2) is 0 Å². The third-order valence-electron chi connectivity index (χ3n) is 3.63. The van der Waals surface area contributed by atoms with Gasteiger partial charge in [0.1, 0.15) is 0 Å². The molecule has 0 saturated heterocycles. The molecule has 1 aliphatic carbocycles. The van der Waals surface area contributed by atoms with Crippen LogP contribution in [0.3, 0.4) is 0 Å². The summed E-state index contributed by atoms with van der Waals surface area (Å²) in [6.45, 7) is 0. The van der Waals surface area contributed by atoms with E-state index in [-0.39, 0.29) is 17.5 Å². The third kappa shape index (κ3) is 2.01. The number of carbonyl (C=O) groups is 3. The second-order valence-electron chi connectivity index (χ2n) is 4.91. The van der Waals surface area contributed by atoms with Gasteiger partial charge in [-0.25, -0.2) is 4.79 Å². The Labute approximate surface area is 110 Å². The number of nitrogens with zero attached hydrogens (tertiary/aromatic N) is 1. The average Bonchev–Trinajstić information content (AvgIpc) is 2.60. The van der Waals surface area contributed by atoms with Crippen LogP contribution in [-0.4, -0.2) is 22.8 Å². The van der Waals surface area contributed by atoms with Crippen molar-refractivity contribution in [3.63, 3.8) is 0 Å². The van der Waals surface area contributed by atoms with E-state index in [1.165, 1.54) is 0 Å². The maximum absolute atomic E-state index is 11.9. The summed E-state index contributed by atoms with van der Waals surface area (Å²) in [6, 6.07) is 6.44. The molecule has 0 spiro atoms. The summed E-state index contributed by atoms with van der Waals surface area (Å²) in [4.78, 5) is 40.5. The van der Waals surface area contributed by atoms with Crippen molar-refractivity contribution < 1.29 is 19.2 Å². The van der Waals surface area contributed by atoms with Crippen LogP contribution < -0.4 is 0 Å². The van der Waals surface area contributed by atoms with Crippen LogP contribution >= 0.6 is 0 Å². The molecule has 3 rings (SSSR count). The van der Waals surface area contributed by atoms with Crippen LogP contribution in [0.1, 0.15) is 46.4 Å². The standard InChI is InChI=1S/C14H13NO4/c16-12(8-9-4-3-5-9)19-15-13(17)10-6-1-2-7-11(10)14(15)18/h1-2,6-7,9H,3-5,8H2. The second-order valence-corrected chi connectivity index (χ2v) is 4.91. The zero-order valence-corrected chi connectivity index (χ0v) is 10.3. The molecule has 1 fully saturated rings. The molecule has 2 amide bonds. The zero-order valence-electron chi connectivity index (χ0n) is 10.3. The molecule has 1 saturated carbocycles. The predicted octanol–water partition coefficient (Wildman–Crippen LogP) is 1.93. The summed E-state index contributed by atoms with van der Waals surface area (Å²) in [5.74, 6) is -1.31. The van der Waals surface area contributed by atoms with E-state index in [4.69, 9.17) is 4.84 Å². The van der Waals surface area contributed by atoms with Gasteiger partial charge in [0.2, 0.25) is 0 Å². The normalized spacial score (nSPS) is 18.2. The lowest BCUT2D eigenvalue weighted by Crippen LogP contribution is -2.33. The summed E-state index contributed by atoms with van der Waals surface area (Å²) in [7, 11) is 0. The summed E-state index contributed by atoms with van der Waals surface area (Å²) < 4.78 is 0. The number of rotatable bonds is 3. The SMILES string of the molecule is O=C(CC1CCC1)ON1C(=O)c2ccccc2C1=O. The summed E-state index contributed by atoms with van der Waals surface area (Å²) in [6.07, 6.45) is 3.42. The van der Waals surface area contributed by atoms with Gasteiger partial charge in [-0.05, 0) is 30.9 Å². The van der Waals surface area contributed by atoms with Crippen molar-refractivity contribution in [1.29, 1.82) is 0 Å². The van der Waals surface area contributed by atoms with Crippen LogP contribution in [0.5, 0.6) is 0 Å². The lowest BCUT2D eigenvalue weighted by molar-refractivity contribution is -0.170. The Bertz CT molecular complexity index is 527. The molecule has 2 aliphatic rings. The molecule has 5 nitrogen and oxygen atoms in total.